The second-order valence-electron chi connectivity index (χ2n) is 6.30. The largest absolute Gasteiger partial charge is 0.268 e. The van der Waals surface area contributed by atoms with Crippen molar-refractivity contribution < 1.29 is 16.8 Å². The number of aromatic nitrogens is 2. The number of sulfone groups is 1. The molecular formula is C13H23N3O4S2. The van der Waals surface area contributed by atoms with E-state index in [1.54, 1.807) is 32.4 Å². The van der Waals surface area contributed by atoms with Gasteiger partial charge in [-0.25, -0.2) is 16.8 Å². The second-order valence-corrected chi connectivity index (χ2v) is 10.3. The van der Waals surface area contributed by atoms with Crippen LogP contribution >= 0.6 is 0 Å². The molecule has 126 valence electrons. The van der Waals surface area contributed by atoms with E-state index in [1.807, 2.05) is 6.92 Å². The van der Waals surface area contributed by atoms with E-state index in [0.717, 1.165) is 0 Å². The van der Waals surface area contributed by atoms with Crippen LogP contribution in [0.5, 0.6) is 0 Å². The lowest BCUT2D eigenvalue weighted by Gasteiger charge is -2.40. The van der Waals surface area contributed by atoms with E-state index < -0.39 is 25.4 Å². The Morgan fingerprint density at radius 3 is 2.32 bits per heavy atom. The zero-order valence-corrected chi connectivity index (χ0v) is 15.3. The van der Waals surface area contributed by atoms with Crippen molar-refractivity contribution in [1.29, 1.82) is 0 Å². The first-order chi connectivity index (χ1) is 9.92. The van der Waals surface area contributed by atoms with Crippen LogP contribution in [-0.2, 0) is 26.4 Å². The Morgan fingerprint density at radius 1 is 1.27 bits per heavy atom. The number of rotatable bonds is 3. The van der Waals surface area contributed by atoms with Crippen LogP contribution in [0.25, 0.3) is 0 Å². The molecule has 1 aromatic heterocycles. The highest BCUT2D eigenvalue weighted by Crippen LogP contribution is 2.32. The Hall–Kier alpha value is -0.930. The maximum absolute atomic E-state index is 13.1. The van der Waals surface area contributed by atoms with E-state index in [4.69, 9.17) is 0 Å². The van der Waals surface area contributed by atoms with Crippen molar-refractivity contribution in [2.75, 3.05) is 18.1 Å². The molecule has 1 aromatic rings. The SMILES string of the molecule is CCn1nc(C)c(S(=O)(=O)N2CCS(=O)(=O)CC2(C)C)c1C. The maximum Gasteiger partial charge on any atom is 0.247 e. The summed E-state index contributed by atoms with van der Waals surface area (Å²) in [4.78, 5) is 0.196. The first-order valence-corrected chi connectivity index (χ1v) is 10.5. The molecule has 7 nitrogen and oxygen atoms in total. The van der Waals surface area contributed by atoms with Gasteiger partial charge in [0, 0.05) is 18.6 Å². The summed E-state index contributed by atoms with van der Waals surface area (Å²) in [5, 5.41) is 4.26. The van der Waals surface area contributed by atoms with Crippen molar-refractivity contribution >= 4 is 19.9 Å². The Balaban J connectivity index is 2.54. The van der Waals surface area contributed by atoms with Crippen LogP contribution < -0.4 is 0 Å². The van der Waals surface area contributed by atoms with E-state index in [0.29, 0.717) is 17.9 Å². The molecule has 0 amide bonds. The van der Waals surface area contributed by atoms with E-state index in [1.165, 1.54) is 4.31 Å². The highest BCUT2D eigenvalue weighted by atomic mass is 32.2. The van der Waals surface area contributed by atoms with Crippen molar-refractivity contribution in [2.45, 2.75) is 51.6 Å². The third kappa shape index (κ3) is 2.81. The fraction of sp³-hybridized carbons (Fsp3) is 0.769. The normalized spacial score (nSPS) is 21.9. The molecule has 0 radical (unpaired) electrons. The average molecular weight is 349 g/mol. The molecule has 1 fully saturated rings. The summed E-state index contributed by atoms with van der Waals surface area (Å²) in [7, 11) is -7.00. The topological polar surface area (TPSA) is 89.3 Å². The minimum absolute atomic E-state index is 0.0200. The highest BCUT2D eigenvalue weighted by Gasteiger charge is 2.45. The van der Waals surface area contributed by atoms with Gasteiger partial charge in [0.2, 0.25) is 10.0 Å². The summed E-state index contributed by atoms with van der Waals surface area (Å²) >= 11 is 0. The third-order valence-electron chi connectivity index (χ3n) is 4.02. The van der Waals surface area contributed by atoms with Crippen LogP contribution in [0.1, 0.15) is 32.2 Å². The van der Waals surface area contributed by atoms with Crippen LogP contribution in [0, 0.1) is 13.8 Å². The lowest BCUT2D eigenvalue weighted by atomic mass is 10.1. The van der Waals surface area contributed by atoms with Gasteiger partial charge in [-0.3, -0.25) is 4.68 Å². The van der Waals surface area contributed by atoms with Gasteiger partial charge in [0.1, 0.15) is 4.90 Å². The summed E-state index contributed by atoms with van der Waals surface area (Å²) in [5.74, 6) is -0.311. The predicted molar refractivity (Wildman–Crippen MR) is 84.0 cm³/mol. The smallest absolute Gasteiger partial charge is 0.247 e. The maximum atomic E-state index is 13.1. The van der Waals surface area contributed by atoms with Gasteiger partial charge in [-0.2, -0.15) is 9.40 Å². The lowest BCUT2D eigenvalue weighted by molar-refractivity contribution is 0.251. The molecule has 0 bridgehead atoms. The van der Waals surface area contributed by atoms with Crippen LogP contribution in [0.3, 0.4) is 0 Å². The van der Waals surface area contributed by atoms with Gasteiger partial charge in [-0.15, -0.1) is 0 Å². The molecule has 0 unspecified atom stereocenters. The standard InChI is InChI=1S/C13H23N3O4S2/c1-6-15-11(3)12(10(2)14-15)22(19,20)16-7-8-21(17,18)9-13(16,4)5/h6-9H2,1-5H3. The quantitative estimate of drug-likeness (QED) is 0.802. The minimum atomic E-state index is -3.78. The molecule has 0 aliphatic carbocycles. The second kappa shape index (κ2) is 5.31. The van der Waals surface area contributed by atoms with Gasteiger partial charge in [0.15, 0.2) is 9.84 Å². The van der Waals surface area contributed by atoms with E-state index in [-0.39, 0.29) is 22.9 Å². The number of hydrogen-bond acceptors (Lipinski definition) is 5. The molecule has 0 aromatic carbocycles. The first-order valence-electron chi connectivity index (χ1n) is 7.19. The zero-order valence-electron chi connectivity index (χ0n) is 13.6. The molecule has 0 spiro atoms. The lowest BCUT2D eigenvalue weighted by Crippen LogP contribution is -2.57. The monoisotopic (exact) mass is 349 g/mol. The van der Waals surface area contributed by atoms with Crippen LogP contribution in [-0.4, -0.2) is 54.5 Å². The van der Waals surface area contributed by atoms with Crippen molar-refractivity contribution in [1.82, 2.24) is 14.1 Å². The van der Waals surface area contributed by atoms with Gasteiger partial charge in [-0.05, 0) is 34.6 Å². The molecular weight excluding hydrogens is 326 g/mol. The summed E-state index contributed by atoms with van der Waals surface area (Å²) in [5.41, 5.74) is 0.0659. The molecule has 22 heavy (non-hydrogen) atoms. The van der Waals surface area contributed by atoms with Crippen molar-refractivity contribution in [3.05, 3.63) is 11.4 Å². The van der Waals surface area contributed by atoms with Gasteiger partial charge in [0.25, 0.3) is 0 Å². The Bertz CT molecular complexity index is 791. The van der Waals surface area contributed by atoms with Gasteiger partial charge < -0.3 is 0 Å². The summed E-state index contributed by atoms with van der Waals surface area (Å²) in [6.45, 7) is 9.15. The average Bonchev–Trinajstić information content (AvgIpc) is 2.61. The van der Waals surface area contributed by atoms with Gasteiger partial charge in [-0.1, -0.05) is 0 Å². The van der Waals surface area contributed by atoms with E-state index in [9.17, 15) is 16.8 Å². The van der Waals surface area contributed by atoms with Crippen molar-refractivity contribution in [2.24, 2.45) is 0 Å². The highest BCUT2D eigenvalue weighted by molar-refractivity contribution is 7.92. The van der Waals surface area contributed by atoms with Gasteiger partial charge in [0.05, 0.1) is 22.9 Å². The van der Waals surface area contributed by atoms with E-state index in [2.05, 4.69) is 5.10 Å². The molecule has 9 heteroatoms. The summed E-state index contributed by atoms with van der Waals surface area (Å²) < 4.78 is 52.7. The molecule has 1 saturated heterocycles. The van der Waals surface area contributed by atoms with Crippen LogP contribution in [0.2, 0.25) is 0 Å². The number of nitrogens with zero attached hydrogens (tertiary/aromatic N) is 3. The van der Waals surface area contributed by atoms with Crippen LogP contribution in [0.15, 0.2) is 4.90 Å². The van der Waals surface area contributed by atoms with E-state index >= 15 is 0 Å². The fourth-order valence-corrected chi connectivity index (χ4v) is 7.32. The molecule has 2 heterocycles. The molecule has 0 saturated carbocycles. The van der Waals surface area contributed by atoms with Crippen molar-refractivity contribution in [3.63, 3.8) is 0 Å². The zero-order chi connectivity index (χ0) is 16.9. The predicted octanol–water partition coefficient (Wildman–Crippen LogP) is 0.718. The Morgan fingerprint density at radius 2 is 1.86 bits per heavy atom. The minimum Gasteiger partial charge on any atom is -0.268 e. The fourth-order valence-electron chi connectivity index (χ4n) is 3.12. The summed E-state index contributed by atoms with van der Waals surface area (Å²) in [6.07, 6.45) is 0. The molecule has 1 aliphatic heterocycles. The molecule has 2 rings (SSSR count). The number of sulfonamides is 1. The Labute approximate surface area is 132 Å². The van der Waals surface area contributed by atoms with Crippen molar-refractivity contribution in [3.8, 4) is 0 Å². The first kappa shape index (κ1) is 17.4. The Kier molecular flexibility index (Phi) is 4.21. The van der Waals surface area contributed by atoms with Gasteiger partial charge >= 0.3 is 0 Å². The molecule has 0 N–H and O–H groups in total. The van der Waals surface area contributed by atoms with Crippen LogP contribution in [0.4, 0.5) is 0 Å². The third-order valence-corrected chi connectivity index (χ3v) is 8.33. The summed E-state index contributed by atoms with van der Waals surface area (Å²) in [6, 6.07) is 0. The molecule has 0 atom stereocenters. The number of aryl methyl sites for hydroxylation is 2. The number of hydrogen-bond donors (Lipinski definition) is 0. The molecule has 1 aliphatic rings.